The fraction of sp³-hybridized carbons (Fsp3) is 0.115. The minimum atomic E-state index is -4.44. The second-order valence-electron chi connectivity index (χ2n) is 8.05. The fourth-order valence-electron chi connectivity index (χ4n) is 3.25. The summed E-state index contributed by atoms with van der Waals surface area (Å²) in [5.41, 5.74) is 4.13. The van der Waals surface area contributed by atoms with Crippen molar-refractivity contribution in [3.05, 3.63) is 101 Å². The summed E-state index contributed by atoms with van der Waals surface area (Å²) in [6.45, 7) is 0.378. The minimum Gasteiger partial charge on any atom is -0.487 e. The predicted octanol–water partition coefficient (Wildman–Crippen LogP) is 8.20. The van der Waals surface area contributed by atoms with Crippen LogP contribution in [0.1, 0.15) is 22.4 Å². The van der Waals surface area contributed by atoms with E-state index in [1.165, 1.54) is 29.7 Å². The molecule has 0 aliphatic heterocycles. The van der Waals surface area contributed by atoms with Gasteiger partial charge in [-0.3, -0.25) is 4.79 Å². The SMILES string of the molecule is O=C(Cc1csc(Nc2cccc(C(F)(F)F)c2)n1)N/N=C\c1cc(Br)c(OCc2ccc(Cl)cc2)c(I)c1. The number of benzene rings is 3. The van der Waals surface area contributed by atoms with Crippen molar-refractivity contribution in [1.82, 2.24) is 10.4 Å². The molecule has 1 heterocycles. The molecule has 0 saturated carbocycles. The third kappa shape index (κ3) is 8.65. The van der Waals surface area contributed by atoms with E-state index < -0.39 is 11.7 Å². The molecule has 0 saturated heterocycles. The molecule has 1 amide bonds. The average Bonchev–Trinajstić information content (AvgIpc) is 3.30. The summed E-state index contributed by atoms with van der Waals surface area (Å²) in [6, 6.07) is 15.9. The number of amides is 1. The average molecular weight is 750 g/mol. The molecule has 202 valence electrons. The third-order valence-electron chi connectivity index (χ3n) is 5.05. The number of thiazole rings is 1. The number of hydrazone groups is 1. The summed E-state index contributed by atoms with van der Waals surface area (Å²) in [4.78, 5) is 16.6. The minimum absolute atomic E-state index is 0.0448. The number of carbonyl (C=O) groups excluding carboxylic acids is 1. The molecule has 0 bridgehead atoms. The van der Waals surface area contributed by atoms with E-state index in [0.29, 0.717) is 28.2 Å². The van der Waals surface area contributed by atoms with Crippen LogP contribution in [0, 0.1) is 3.57 Å². The number of nitrogens with one attached hydrogen (secondary N) is 2. The van der Waals surface area contributed by atoms with Crippen LogP contribution in [0.25, 0.3) is 0 Å². The van der Waals surface area contributed by atoms with Crippen LogP contribution < -0.4 is 15.5 Å². The Morgan fingerprint density at radius 1 is 1.18 bits per heavy atom. The lowest BCUT2D eigenvalue weighted by Crippen LogP contribution is -2.20. The first-order valence-corrected chi connectivity index (χ1v) is 14.3. The molecule has 0 atom stereocenters. The van der Waals surface area contributed by atoms with E-state index in [0.717, 1.165) is 31.3 Å². The van der Waals surface area contributed by atoms with E-state index in [9.17, 15) is 18.0 Å². The van der Waals surface area contributed by atoms with Gasteiger partial charge in [-0.2, -0.15) is 18.3 Å². The van der Waals surface area contributed by atoms with Crippen LogP contribution >= 0.6 is 61.5 Å². The molecule has 4 aromatic rings. The predicted molar refractivity (Wildman–Crippen MR) is 159 cm³/mol. The smallest absolute Gasteiger partial charge is 0.416 e. The van der Waals surface area contributed by atoms with Crippen LogP contribution in [0.15, 0.2) is 75.6 Å². The molecule has 2 N–H and O–H groups in total. The first-order valence-electron chi connectivity index (χ1n) is 11.1. The highest BCUT2D eigenvalue weighted by Gasteiger charge is 2.30. The number of anilines is 2. The van der Waals surface area contributed by atoms with Gasteiger partial charge < -0.3 is 10.1 Å². The van der Waals surface area contributed by atoms with Gasteiger partial charge in [0, 0.05) is 16.1 Å². The third-order valence-corrected chi connectivity index (χ3v) is 7.50. The molecule has 39 heavy (non-hydrogen) atoms. The zero-order chi connectivity index (χ0) is 28.0. The van der Waals surface area contributed by atoms with Crippen LogP contribution in [0.2, 0.25) is 5.02 Å². The Morgan fingerprint density at radius 3 is 2.67 bits per heavy atom. The first kappa shape index (κ1) is 29.3. The van der Waals surface area contributed by atoms with E-state index in [4.69, 9.17) is 16.3 Å². The molecule has 0 radical (unpaired) electrons. The van der Waals surface area contributed by atoms with Crippen LogP contribution in [0.4, 0.5) is 24.0 Å². The molecule has 1 aromatic heterocycles. The molecule has 6 nitrogen and oxygen atoms in total. The van der Waals surface area contributed by atoms with Crippen molar-refractivity contribution in [3.8, 4) is 5.75 Å². The first-order chi connectivity index (χ1) is 18.6. The van der Waals surface area contributed by atoms with Crippen molar-refractivity contribution in [2.24, 2.45) is 5.10 Å². The van der Waals surface area contributed by atoms with Gasteiger partial charge in [0.15, 0.2) is 5.13 Å². The lowest BCUT2D eigenvalue weighted by atomic mass is 10.2. The van der Waals surface area contributed by atoms with Crippen molar-refractivity contribution in [2.45, 2.75) is 19.2 Å². The number of ether oxygens (including phenoxy) is 1. The van der Waals surface area contributed by atoms with Gasteiger partial charge in [0.25, 0.3) is 0 Å². The Kier molecular flexibility index (Phi) is 9.86. The highest BCUT2D eigenvalue weighted by Crippen LogP contribution is 2.33. The summed E-state index contributed by atoms with van der Waals surface area (Å²) in [7, 11) is 0. The maximum atomic E-state index is 12.9. The molecule has 3 aromatic carbocycles. The van der Waals surface area contributed by atoms with E-state index in [-0.39, 0.29) is 18.0 Å². The monoisotopic (exact) mass is 748 g/mol. The summed E-state index contributed by atoms with van der Waals surface area (Å²) in [6.07, 6.45) is -2.97. The quantitative estimate of drug-likeness (QED) is 0.103. The van der Waals surface area contributed by atoms with E-state index in [1.807, 2.05) is 24.3 Å². The largest absolute Gasteiger partial charge is 0.487 e. The van der Waals surface area contributed by atoms with Crippen LogP contribution in [0.5, 0.6) is 5.75 Å². The summed E-state index contributed by atoms with van der Waals surface area (Å²) in [5, 5.41) is 9.53. The van der Waals surface area contributed by atoms with Gasteiger partial charge in [0.05, 0.1) is 31.9 Å². The number of aromatic nitrogens is 1. The van der Waals surface area contributed by atoms with Gasteiger partial charge >= 0.3 is 6.18 Å². The van der Waals surface area contributed by atoms with Gasteiger partial charge in [0.2, 0.25) is 5.91 Å². The topological polar surface area (TPSA) is 75.6 Å². The number of halogens is 6. The number of carbonyl (C=O) groups is 1. The highest BCUT2D eigenvalue weighted by molar-refractivity contribution is 14.1. The number of nitrogens with zero attached hydrogens (tertiary/aromatic N) is 2. The van der Waals surface area contributed by atoms with E-state index in [1.54, 1.807) is 17.5 Å². The van der Waals surface area contributed by atoms with Crippen LogP contribution in [-0.2, 0) is 24.0 Å². The standard InChI is InChI=1S/C26H18BrClF3IN4O2S/c27-21-8-16(9-22(32)24(21)38-13-15-4-6-18(28)7-5-15)12-33-36-23(37)11-20-14-39-25(35-20)34-19-3-1-2-17(10-19)26(29,30)31/h1-10,12,14H,11,13H2,(H,34,35)(H,36,37)/b33-12-. The summed E-state index contributed by atoms with van der Waals surface area (Å²) >= 11 is 12.8. The Hall–Kier alpha value is -2.68. The van der Waals surface area contributed by atoms with Gasteiger partial charge in [0.1, 0.15) is 12.4 Å². The highest BCUT2D eigenvalue weighted by atomic mass is 127. The van der Waals surface area contributed by atoms with E-state index in [2.05, 4.69) is 59.3 Å². The molecular weight excluding hydrogens is 732 g/mol. The zero-order valence-electron chi connectivity index (χ0n) is 19.7. The summed E-state index contributed by atoms with van der Waals surface area (Å²) in [5.74, 6) is 0.295. The van der Waals surface area contributed by atoms with Crippen molar-refractivity contribution in [1.29, 1.82) is 0 Å². The number of hydrogen-bond acceptors (Lipinski definition) is 6. The van der Waals surface area contributed by atoms with Gasteiger partial charge in [-0.15, -0.1) is 11.3 Å². The molecule has 13 heteroatoms. The lowest BCUT2D eigenvalue weighted by molar-refractivity contribution is -0.137. The fourth-order valence-corrected chi connectivity index (χ4v) is 5.88. The zero-order valence-corrected chi connectivity index (χ0v) is 25.0. The molecule has 0 aliphatic carbocycles. The Morgan fingerprint density at radius 2 is 1.95 bits per heavy atom. The van der Waals surface area contributed by atoms with Crippen LogP contribution in [0.3, 0.4) is 0 Å². The number of rotatable bonds is 9. The molecule has 0 spiro atoms. The number of hydrogen-bond donors (Lipinski definition) is 2. The maximum absolute atomic E-state index is 12.9. The second-order valence-corrected chi connectivity index (χ2v) is 11.4. The van der Waals surface area contributed by atoms with Gasteiger partial charge in [-0.05, 0) is 92.1 Å². The Labute approximate surface area is 252 Å². The van der Waals surface area contributed by atoms with Gasteiger partial charge in [-0.1, -0.05) is 29.8 Å². The Balaban J connectivity index is 1.29. The maximum Gasteiger partial charge on any atom is 0.416 e. The van der Waals surface area contributed by atoms with Crippen molar-refractivity contribution in [3.63, 3.8) is 0 Å². The van der Waals surface area contributed by atoms with Crippen molar-refractivity contribution >= 4 is 84.4 Å². The molecule has 0 aliphatic rings. The molecule has 4 rings (SSSR count). The van der Waals surface area contributed by atoms with Crippen molar-refractivity contribution in [2.75, 3.05) is 5.32 Å². The number of alkyl halides is 3. The van der Waals surface area contributed by atoms with E-state index >= 15 is 0 Å². The summed E-state index contributed by atoms with van der Waals surface area (Å²) < 4.78 is 46.3. The van der Waals surface area contributed by atoms with Gasteiger partial charge in [-0.25, -0.2) is 10.4 Å². The molecule has 0 fully saturated rings. The second kappa shape index (κ2) is 13.1. The van der Waals surface area contributed by atoms with Crippen molar-refractivity contribution < 1.29 is 22.7 Å². The Bertz CT molecular complexity index is 1480. The molecule has 0 unspecified atom stereocenters. The molecular formula is C26H18BrClF3IN4O2S. The normalized spacial score (nSPS) is 11.5. The lowest BCUT2D eigenvalue weighted by Gasteiger charge is -2.11. The van der Waals surface area contributed by atoms with Crippen LogP contribution in [-0.4, -0.2) is 17.1 Å².